The lowest BCUT2D eigenvalue weighted by Crippen LogP contribution is -2.40. The van der Waals surface area contributed by atoms with Gasteiger partial charge in [-0.05, 0) is 56.3 Å². The van der Waals surface area contributed by atoms with E-state index in [-0.39, 0.29) is 0 Å². The maximum absolute atomic E-state index is 5.97. The summed E-state index contributed by atoms with van der Waals surface area (Å²) < 4.78 is 5.97. The third-order valence-corrected chi connectivity index (χ3v) is 4.68. The number of likely N-dealkylation sites (tertiary alicyclic amines) is 1. The Hall–Kier alpha value is -1.06. The molecule has 2 aliphatic heterocycles. The van der Waals surface area contributed by atoms with Crippen LogP contribution in [0.3, 0.4) is 0 Å². The summed E-state index contributed by atoms with van der Waals surface area (Å²) in [6.45, 7) is 9.71. The molecule has 2 fully saturated rings. The summed E-state index contributed by atoms with van der Waals surface area (Å²) in [6, 6.07) is 7.14. The zero-order chi connectivity index (χ0) is 13.9. The molecule has 1 aromatic rings. The fraction of sp³-hybridized carbons (Fsp3) is 0.647. The van der Waals surface area contributed by atoms with Gasteiger partial charge < -0.3 is 10.1 Å². The largest absolute Gasteiger partial charge is 0.492 e. The van der Waals surface area contributed by atoms with Gasteiger partial charge in [-0.3, -0.25) is 4.90 Å². The molecule has 0 saturated carbocycles. The first-order valence-electron chi connectivity index (χ1n) is 7.88. The van der Waals surface area contributed by atoms with E-state index in [0.29, 0.717) is 0 Å². The van der Waals surface area contributed by atoms with Crippen LogP contribution in [0.1, 0.15) is 24.0 Å². The van der Waals surface area contributed by atoms with Gasteiger partial charge in [-0.25, -0.2) is 0 Å². The second-order valence-corrected chi connectivity index (χ2v) is 6.34. The van der Waals surface area contributed by atoms with Crippen molar-refractivity contribution in [3.63, 3.8) is 0 Å². The van der Waals surface area contributed by atoms with E-state index in [1.54, 1.807) is 0 Å². The molecular formula is C17H26N2O. The minimum atomic E-state index is 0.726. The Morgan fingerprint density at radius 3 is 3.05 bits per heavy atom. The predicted octanol–water partition coefficient (Wildman–Crippen LogP) is 2.37. The Bertz CT molecular complexity index is 446. The first-order valence-corrected chi connectivity index (χ1v) is 7.88. The number of hydrogen-bond acceptors (Lipinski definition) is 3. The molecule has 2 heterocycles. The molecule has 2 atom stereocenters. The van der Waals surface area contributed by atoms with E-state index < -0.39 is 0 Å². The summed E-state index contributed by atoms with van der Waals surface area (Å²) in [6.07, 6.45) is 2.74. The van der Waals surface area contributed by atoms with Crippen LogP contribution >= 0.6 is 0 Å². The van der Waals surface area contributed by atoms with Gasteiger partial charge in [0.25, 0.3) is 0 Å². The van der Waals surface area contributed by atoms with Gasteiger partial charge in [0.15, 0.2) is 0 Å². The first-order chi connectivity index (χ1) is 9.72. The number of rotatable bonds is 4. The van der Waals surface area contributed by atoms with Crippen molar-refractivity contribution in [1.82, 2.24) is 10.2 Å². The summed E-state index contributed by atoms with van der Waals surface area (Å²) >= 11 is 0. The third-order valence-electron chi connectivity index (χ3n) is 4.68. The zero-order valence-corrected chi connectivity index (χ0v) is 12.7. The van der Waals surface area contributed by atoms with Crippen LogP contribution in [0.4, 0.5) is 0 Å². The van der Waals surface area contributed by atoms with Crippen LogP contribution in [0.15, 0.2) is 18.2 Å². The molecule has 1 N–H and O–H groups in total. The highest BCUT2D eigenvalue weighted by atomic mass is 16.5. The summed E-state index contributed by atoms with van der Waals surface area (Å²) in [5, 5.41) is 3.65. The molecule has 0 aliphatic carbocycles. The van der Waals surface area contributed by atoms with Crippen molar-refractivity contribution in [1.29, 1.82) is 0 Å². The Balaban J connectivity index is 1.47. The summed E-state index contributed by atoms with van der Waals surface area (Å²) in [5.41, 5.74) is 2.49. The fourth-order valence-electron chi connectivity index (χ4n) is 3.47. The summed E-state index contributed by atoms with van der Waals surface area (Å²) in [5.74, 6) is 1.91. The van der Waals surface area contributed by atoms with Crippen molar-refractivity contribution in [2.45, 2.75) is 32.7 Å². The highest BCUT2D eigenvalue weighted by Gasteiger charge is 2.33. The number of aryl methyl sites for hydroxylation is 2. The van der Waals surface area contributed by atoms with Gasteiger partial charge in [-0.2, -0.15) is 0 Å². The molecule has 20 heavy (non-hydrogen) atoms. The van der Waals surface area contributed by atoms with Gasteiger partial charge >= 0.3 is 0 Å². The smallest absolute Gasteiger partial charge is 0.122 e. The molecule has 110 valence electrons. The molecular weight excluding hydrogens is 248 g/mol. The lowest BCUT2D eigenvalue weighted by atomic mass is 9.94. The van der Waals surface area contributed by atoms with Gasteiger partial charge in [0.05, 0.1) is 0 Å². The Morgan fingerprint density at radius 1 is 1.30 bits per heavy atom. The Labute approximate surface area is 122 Å². The van der Waals surface area contributed by atoms with Crippen molar-refractivity contribution >= 4 is 0 Å². The zero-order valence-electron chi connectivity index (χ0n) is 12.7. The standard InChI is InChI=1S/C17H26N2O/c1-13-5-6-14(2)17(10-13)20-9-8-19-11-15-4-3-7-18-16(15)12-19/h5-6,10,15-16,18H,3-4,7-9,11-12H2,1-2H3. The van der Waals surface area contributed by atoms with E-state index >= 15 is 0 Å². The second-order valence-electron chi connectivity index (χ2n) is 6.34. The van der Waals surface area contributed by atoms with Crippen LogP contribution in [-0.4, -0.2) is 43.7 Å². The first kappa shape index (κ1) is 13.9. The number of benzene rings is 1. The minimum Gasteiger partial charge on any atom is -0.492 e. The van der Waals surface area contributed by atoms with Crippen LogP contribution in [0.25, 0.3) is 0 Å². The van der Waals surface area contributed by atoms with Crippen molar-refractivity contribution in [2.75, 3.05) is 32.8 Å². The van der Waals surface area contributed by atoms with Gasteiger partial charge in [0.1, 0.15) is 12.4 Å². The van der Waals surface area contributed by atoms with E-state index in [2.05, 4.69) is 42.3 Å². The van der Waals surface area contributed by atoms with E-state index in [1.807, 2.05) is 0 Å². The quantitative estimate of drug-likeness (QED) is 0.912. The molecule has 0 bridgehead atoms. The van der Waals surface area contributed by atoms with Gasteiger partial charge in [-0.15, -0.1) is 0 Å². The maximum atomic E-state index is 5.97. The van der Waals surface area contributed by atoms with Crippen LogP contribution in [0.2, 0.25) is 0 Å². The molecule has 0 aromatic heterocycles. The van der Waals surface area contributed by atoms with Gasteiger partial charge in [0, 0.05) is 25.7 Å². The summed E-state index contributed by atoms with van der Waals surface area (Å²) in [4.78, 5) is 2.55. The number of nitrogens with zero attached hydrogens (tertiary/aromatic N) is 1. The van der Waals surface area contributed by atoms with Crippen LogP contribution in [0, 0.1) is 19.8 Å². The molecule has 0 amide bonds. The van der Waals surface area contributed by atoms with E-state index in [0.717, 1.165) is 30.9 Å². The Morgan fingerprint density at radius 2 is 2.20 bits per heavy atom. The van der Waals surface area contributed by atoms with E-state index in [4.69, 9.17) is 4.74 Å². The van der Waals surface area contributed by atoms with E-state index in [9.17, 15) is 0 Å². The average Bonchev–Trinajstić information content (AvgIpc) is 2.85. The molecule has 3 rings (SSSR count). The second kappa shape index (κ2) is 6.15. The van der Waals surface area contributed by atoms with Crippen molar-refractivity contribution in [2.24, 2.45) is 5.92 Å². The number of piperidine rings is 1. The number of ether oxygens (including phenoxy) is 1. The number of fused-ring (bicyclic) bond motifs is 1. The molecule has 1 aromatic carbocycles. The monoisotopic (exact) mass is 274 g/mol. The normalized spacial score (nSPS) is 26.5. The topological polar surface area (TPSA) is 24.5 Å². The molecule has 0 radical (unpaired) electrons. The molecule has 2 saturated heterocycles. The highest BCUT2D eigenvalue weighted by Crippen LogP contribution is 2.25. The van der Waals surface area contributed by atoms with Crippen LogP contribution in [-0.2, 0) is 0 Å². The molecule has 2 unspecified atom stereocenters. The van der Waals surface area contributed by atoms with Gasteiger partial charge in [0.2, 0.25) is 0 Å². The third kappa shape index (κ3) is 3.15. The lowest BCUT2D eigenvalue weighted by molar-refractivity contribution is 0.231. The van der Waals surface area contributed by atoms with Crippen molar-refractivity contribution in [3.05, 3.63) is 29.3 Å². The minimum absolute atomic E-state index is 0.726. The SMILES string of the molecule is Cc1ccc(C)c(OCCN2CC3CCCNC3C2)c1. The van der Waals surface area contributed by atoms with Gasteiger partial charge in [-0.1, -0.05) is 12.1 Å². The molecule has 2 aliphatic rings. The highest BCUT2D eigenvalue weighted by molar-refractivity contribution is 5.35. The molecule has 0 spiro atoms. The Kier molecular flexibility index (Phi) is 4.27. The lowest BCUT2D eigenvalue weighted by Gasteiger charge is -2.24. The van der Waals surface area contributed by atoms with Crippen molar-refractivity contribution in [3.8, 4) is 5.75 Å². The van der Waals surface area contributed by atoms with Crippen LogP contribution in [0.5, 0.6) is 5.75 Å². The van der Waals surface area contributed by atoms with Crippen molar-refractivity contribution < 1.29 is 4.74 Å². The van der Waals surface area contributed by atoms with Crippen LogP contribution < -0.4 is 10.1 Å². The number of nitrogens with one attached hydrogen (secondary N) is 1. The molecule has 3 nitrogen and oxygen atoms in total. The average molecular weight is 274 g/mol. The summed E-state index contributed by atoms with van der Waals surface area (Å²) in [7, 11) is 0. The predicted molar refractivity (Wildman–Crippen MR) is 82.4 cm³/mol. The maximum Gasteiger partial charge on any atom is 0.122 e. The van der Waals surface area contributed by atoms with E-state index in [1.165, 1.54) is 43.6 Å². The molecule has 3 heteroatoms. The fourth-order valence-corrected chi connectivity index (χ4v) is 3.47. The number of hydrogen-bond donors (Lipinski definition) is 1.